The summed E-state index contributed by atoms with van der Waals surface area (Å²) in [5.74, 6) is 0. The van der Waals surface area contributed by atoms with Crippen molar-refractivity contribution in [1.29, 1.82) is 5.26 Å². The second kappa shape index (κ2) is 4.38. The van der Waals surface area contributed by atoms with Crippen LogP contribution in [0.3, 0.4) is 0 Å². The summed E-state index contributed by atoms with van der Waals surface area (Å²) in [4.78, 5) is 0. The van der Waals surface area contributed by atoms with E-state index in [0.717, 1.165) is 11.1 Å². The predicted molar refractivity (Wildman–Crippen MR) is 66.3 cm³/mol. The van der Waals surface area contributed by atoms with Gasteiger partial charge in [0, 0.05) is 10.6 Å². The minimum atomic E-state index is 0.585. The van der Waals surface area contributed by atoms with Crippen molar-refractivity contribution >= 4 is 11.6 Å². The molecule has 0 unspecified atom stereocenters. The lowest BCUT2D eigenvalue weighted by atomic mass is 10.0. The van der Waals surface area contributed by atoms with Crippen LogP contribution in [0.4, 0.5) is 0 Å². The van der Waals surface area contributed by atoms with E-state index in [0.29, 0.717) is 10.6 Å². The largest absolute Gasteiger partial charge is 0.192 e. The molecule has 0 N–H and O–H groups in total. The Morgan fingerprint density at radius 3 is 2.56 bits per heavy atom. The van der Waals surface area contributed by atoms with Crippen LogP contribution in [0.5, 0.6) is 0 Å². The molecular weight excluding hydrogens is 218 g/mol. The van der Waals surface area contributed by atoms with Crippen LogP contribution in [0.2, 0.25) is 5.02 Å². The molecule has 0 aliphatic heterocycles. The first kappa shape index (κ1) is 10.7. The molecule has 2 aromatic carbocycles. The molecule has 0 aromatic heterocycles. The zero-order valence-electron chi connectivity index (χ0n) is 8.87. The second-order valence-electron chi connectivity index (χ2n) is 3.68. The fraction of sp³-hybridized carbons (Fsp3) is 0.0714. The van der Waals surface area contributed by atoms with Gasteiger partial charge in [0.2, 0.25) is 0 Å². The Morgan fingerprint density at radius 1 is 1.12 bits per heavy atom. The highest BCUT2D eigenvalue weighted by molar-refractivity contribution is 6.33. The van der Waals surface area contributed by atoms with Gasteiger partial charge in [-0.2, -0.15) is 5.26 Å². The molecule has 2 heteroatoms. The molecular formula is C14H10ClN. The molecule has 0 bridgehead atoms. The second-order valence-corrected chi connectivity index (χ2v) is 4.08. The lowest BCUT2D eigenvalue weighted by molar-refractivity contribution is 1.46. The summed E-state index contributed by atoms with van der Waals surface area (Å²) in [5.41, 5.74) is 3.82. The van der Waals surface area contributed by atoms with Crippen LogP contribution in [0.15, 0.2) is 42.5 Å². The Hall–Kier alpha value is -1.78. The Balaban J connectivity index is 2.53. The highest BCUT2D eigenvalue weighted by atomic mass is 35.5. The Morgan fingerprint density at radius 2 is 1.94 bits per heavy atom. The van der Waals surface area contributed by atoms with Crippen molar-refractivity contribution in [2.75, 3.05) is 0 Å². The van der Waals surface area contributed by atoms with Gasteiger partial charge in [-0.3, -0.25) is 0 Å². The van der Waals surface area contributed by atoms with Crippen molar-refractivity contribution in [1.82, 2.24) is 0 Å². The summed E-state index contributed by atoms with van der Waals surface area (Å²) in [5, 5.41) is 9.37. The fourth-order valence-electron chi connectivity index (χ4n) is 1.63. The zero-order chi connectivity index (χ0) is 11.5. The van der Waals surface area contributed by atoms with Gasteiger partial charge in [0.25, 0.3) is 0 Å². The van der Waals surface area contributed by atoms with Gasteiger partial charge in [0.05, 0.1) is 11.6 Å². The van der Waals surface area contributed by atoms with E-state index in [2.05, 4.69) is 12.1 Å². The van der Waals surface area contributed by atoms with Crippen molar-refractivity contribution in [3.63, 3.8) is 0 Å². The van der Waals surface area contributed by atoms with Crippen molar-refractivity contribution in [2.45, 2.75) is 6.92 Å². The average molecular weight is 228 g/mol. The van der Waals surface area contributed by atoms with E-state index < -0.39 is 0 Å². The standard InChI is InChI=1S/C14H10ClN/c1-10-3-2-4-12(7-10)13-6-5-11(9-16)8-14(13)15/h2-8H,1H3. The Kier molecular flexibility index (Phi) is 2.94. The van der Waals surface area contributed by atoms with E-state index in [1.807, 2.05) is 31.2 Å². The van der Waals surface area contributed by atoms with Crippen molar-refractivity contribution < 1.29 is 0 Å². The number of nitrogens with zero attached hydrogens (tertiary/aromatic N) is 1. The van der Waals surface area contributed by atoms with E-state index in [1.54, 1.807) is 12.1 Å². The van der Waals surface area contributed by atoms with Gasteiger partial charge in [-0.05, 0) is 24.6 Å². The van der Waals surface area contributed by atoms with E-state index in [4.69, 9.17) is 16.9 Å². The third kappa shape index (κ3) is 2.08. The smallest absolute Gasteiger partial charge is 0.0992 e. The molecule has 1 nitrogen and oxygen atoms in total. The molecule has 2 rings (SSSR count). The summed E-state index contributed by atoms with van der Waals surface area (Å²) in [6.07, 6.45) is 0. The lowest BCUT2D eigenvalue weighted by Crippen LogP contribution is -1.82. The molecule has 0 heterocycles. The summed E-state index contributed by atoms with van der Waals surface area (Å²) in [7, 11) is 0. The van der Waals surface area contributed by atoms with Crippen molar-refractivity contribution in [3.05, 3.63) is 58.6 Å². The van der Waals surface area contributed by atoms with E-state index in [9.17, 15) is 0 Å². The number of hydrogen-bond donors (Lipinski definition) is 0. The predicted octanol–water partition coefficient (Wildman–Crippen LogP) is 4.19. The van der Waals surface area contributed by atoms with Gasteiger partial charge >= 0.3 is 0 Å². The lowest BCUT2D eigenvalue weighted by Gasteiger charge is -2.05. The first-order valence-corrected chi connectivity index (χ1v) is 5.35. The Bertz CT molecular complexity index is 567. The molecule has 0 saturated heterocycles. The Labute approximate surface area is 99.9 Å². The first-order valence-electron chi connectivity index (χ1n) is 4.97. The number of nitriles is 1. The molecule has 0 atom stereocenters. The number of aryl methyl sites for hydroxylation is 1. The molecule has 0 aliphatic rings. The monoisotopic (exact) mass is 227 g/mol. The van der Waals surface area contributed by atoms with Crippen LogP contribution in [0.1, 0.15) is 11.1 Å². The minimum absolute atomic E-state index is 0.585. The van der Waals surface area contributed by atoms with Crippen molar-refractivity contribution in [2.24, 2.45) is 0 Å². The van der Waals surface area contributed by atoms with Crippen molar-refractivity contribution in [3.8, 4) is 17.2 Å². The summed E-state index contributed by atoms with van der Waals surface area (Å²) >= 11 is 6.14. The first-order chi connectivity index (χ1) is 7.70. The number of halogens is 1. The summed E-state index contributed by atoms with van der Waals surface area (Å²) in [6, 6.07) is 15.6. The number of hydrogen-bond acceptors (Lipinski definition) is 1. The van der Waals surface area contributed by atoms with E-state index in [1.165, 1.54) is 5.56 Å². The van der Waals surface area contributed by atoms with Gasteiger partial charge in [0.15, 0.2) is 0 Å². The molecule has 78 valence electrons. The van der Waals surface area contributed by atoms with Crippen LogP contribution in [0.25, 0.3) is 11.1 Å². The van der Waals surface area contributed by atoms with Gasteiger partial charge in [0.1, 0.15) is 0 Å². The fourth-order valence-corrected chi connectivity index (χ4v) is 1.92. The summed E-state index contributed by atoms with van der Waals surface area (Å²) < 4.78 is 0. The number of benzene rings is 2. The molecule has 0 radical (unpaired) electrons. The van der Waals surface area contributed by atoms with Crippen LogP contribution in [0, 0.1) is 18.3 Å². The summed E-state index contributed by atoms with van der Waals surface area (Å²) in [6.45, 7) is 2.04. The highest BCUT2D eigenvalue weighted by Crippen LogP contribution is 2.28. The maximum Gasteiger partial charge on any atom is 0.0992 e. The van der Waals surface area contributed by atoms with Crippen LogP contribution in [-0.2, 0) is 0 Å². The van der Waals surface area contributed by atoms with Gasteiger partial charge in [-0.25, -0.2) is 0 Å². The minimum Gasteiger partial charge on any atom is -0.192 e. The van der Waals surface area contributed by atoms with E-state index in [-0.39, 0.29) is 0 Å². The third-order valence-corrected chi connectivity index (χ3v) is 2.74. The molecule has 0 aliphatic carbocycles. The highest BCUT2D eigenvalue weighted by Gasteiger charge is 2.04. The topological polar surface area (TPSA) is 23.8 Å². The third-order valence-electron chi connectivity index (χ3n) is 2.43. The zero-order valence-corrected chi connectivity index (χ0v) is 9.62. The van der Waals surface area contributed by atoms with Crippen LogP contribution in [-0.4, -0.2) is 0 Å². The van der Waals surface area contributed by atoms with Gasteiger partial charge in [-0.1, -0.05) is 47.5 Å². The maximum absolute atomic E-state index is 8.76. The van der Waals surface area contributed by atoms with Gasteiger partial charge < -0.3 is 0 Å². The molecule has 16 heavy (non-hydrogen) atoms. The normalized spacial score (nSPS) is 9.81. The quantitative estimate of drug-likeness (QED) is 0.717. The molecule has 0 fully saturated rings. The van der Waals surface area contributed by atoms with E-state index >= 15 is 0 Å². The SMILES string of the molecule is Cc1cccc(-c2ccc(C#N)cc2Cl)c1. The van der Waals surface area contributed by atoms with Gasteiger partial charge in [-0.15, -0.1) is 0 Å². The number of rotatable bonds is 1. The average Bonchev–Trinajstić information content (AvgIpc) is 2.28. The molecule has 0 spiro atoms. The van der Waals surface area contributed by atoms with Crippen LogP contribution >= 0.6 is 11.6 Å². The molecule has 0 amide bonds. The maximum atomic E-state index is 8.76. The van der Waals surface area contributed by atoms with Crippen LogP contribution < -0.4 is 0 Å². The molecule has 0 saturated carbocycles. The molecule has 2 aromatic rings.